The molecule has 2 rings (SSSR count). The van der Waals surface area contributed by atoms with Crippen LogP contribution in [0.25, 0.3) is 0 Å². The van der Waals surface area contributed by atoms with E-state index in [1.807, 2.05) is 12.1 Å². The van der Waals surface area contributed by atoms with Crippen LogP contribution in [0.3, 0.4) is 0 Å². The van der Waals surface area contributed by atoms with Gasteiger partial charge in [0.2, 0.25) is 11.0 Å². The molecule has 0 spiro atoms. The molecule has 0 aliphatic carbocycles. The third-order valence-corrected chi connectivity index (χ3v) is 4.22. The summed E-state index contributed by atoms with van der Waals surface area (Å²) in [6, 6.07) is 6.19. The van der Waals surface area contributed by atoms with Gasteiger partial charge in [-0.05, 0) is 56.5 Å². The second-order valence-electron chi connectivity index (χ2n) is 5.72. The number of carbonyl (C=O) groups is 1. The molecule has 1 amide bonds. The minimum atomic E-state index is -0.0682. The number of hydrogen-bond acceptors (Lipinski definition) is 6. The van der Waals surface area contributed by atoms with E-state index in [-0.39, 0.29) is 5.91 Å². The maximum absolute atomic E-state index is 11.6. The van der Waals surface area contributed by atoms with E-state index in [0.717, 1.165) is 23.6 Å². The molecule has 0 aliphatic heterocycles. The molecule has 24 heavy (non-hydrogen) atoms. The number of ether oxygens (including phenoxy) is 1. The van der Waals surface area contributed by atoms with Gasteiger partial charge >= 0.3 is 0 Å². The molecule has 0 unspecified atom stereocenters. The van der Waals surface area contributed by atoms with Crippen molar-refractivity contribution in [3.8, 4) is 5.75 Å². The van der Waals surface area contributed by atoms with Crippen molar-refractivity contribution < 1.29 is 9.53 Å². The second-order valence-corrected chi connectivity index (χ2v) is 6.78. The predicted molar refractivity (Wildman–Crippen MR) is 96.6 cm³/mol. The molecule has 0 radical (unpaired) electrons. The number of rotatable bonds is 9. The average molecular weight is 348 g/mol. The third kappa shape index (κ3) is 6.25. The molecular formula is C17H24N4O2S. The lowest BCUT2D eigenvalue weighted by Gasteiger charge is -2.07. The first-order chi connectivity index (χ1) is 11.6. The number of nitrogens with zero attached hydrogens (tertiary/aromatic N) is 2. The smallest absolute Gasteiger partial charge is 0.226 e. The first-order valence-electron chi connectivity index (χ1n) is 8.10. The maximum atomic E-state index is 11.6. The molecule has 3 N–H and O–H groups in total. The van der Waals surface area contributed by atoms with Crippen LogP contribution in [0, 0.1) is 13.8 Å². The number of aryl methyl sites for hydroxylation is 3. The molecular weight excluding hydrogens is 324 g/mol. The predicted octanol–water partition coefficient (Wildman–Crippen LogP) is 2.84. The van der Waals surface area contributed by atoms with Crippen molar-refractivity contribution in [2.75, 3.05) is 18.5 Å². The quantitative estimate of drug-likeness (QED) is 0.680. The fraction of sp³-hybridized carbons (Fsp3) is 0.471. The number of carbonyl (C=O) groups excluding carboxylic acids is 1. The van der Waals surface area contributed by atoms with Gasteiger partial charge in [-0.25, -0.2) is 0 Å². The topological polar surface area (TPSA) is 90.1 Å². The van der Waals surface area contributed by atoms with Gasteiger partial charge in [0.1, 0.15) is 10.8 Å². The lowest BCUT2D eigenvalue weighted by atomic mass is 10.1. The molecule has 1 aromatic carbocycles. The van der Waals surface area contributed by atoms with Gasteiger partial charge in [0, 0.05) is 12.8 Å². The van der Waals surface area contributed by atoms with Crippen molar-refractivity contribution in [3.05, 3.63) is 34.3 Å². The Balaban J connectivity index is 1.72. The van der Waals surface area contributed by atoms with Crippen molar-refractivity contribution in [1.29, 1.82) is 0 Å². The van der Waals surface area contributed by atoms with Gasteiger partial charge in [-0.3, -0.25) is 4.79 Å². The van der Waals surface area contributed by atoms with Crippen LogP contribution < -0.4 is 15.8 Å². The van der Waals surface area contributed by atoms with Crippen LogP contribution in [0.5, 0.6) is 5.75 Å². The summed E-state index contributed by atoms with van der Waals surface area (Å²) in [4.78, 5) is 11.6. The molecule has 6 nitrogen and oxygen atoms in total. The maximum Gasteiger partial charge on any atom is 0.226 e. The van der Waals surface area contributed by atoms with Crippen LogP contribution in [0.1, 0.15) is 35.4 Å². The van der Waals surface area contributed by atoms with E-state index in [1.165, 1.54) is 22.5 Å². The number of amides is 1. The van der Waals surface area contributed by atoms with Crippen LogP contribution in [-0.4, -0.2) is 29.3 Å². The van der Waals surface area contributed by atoms with Crippen molar-refractivity contribution in [3.63, 3.8) is 0 Å². The zero-order chi connectivity index (χ0) is 17.4. The van der Waals surface area contributed by atoms with E-state index < -0.39 is 0 Å². The Morgan fingerprint density at radius 1 is 1.21 bits per heavy atom. The fourth-order valence-electron chi connectivity index (χ4n) is 2.28. The molecule has 0 aliphatic rings. The largest absolute Gasteiger partial charge is 0.494 e. The molecule has 1 aromatic heterocycles. The van der Waals surface area contributed by atoms with Crippen molar-refractivity contribution in [2.24, 2.45) is 5.73 Å². The van der Waals surface area contributed by atoms with E-state index in [1.54, 1.807) is 0 Å². The first-order valence-corrected chi connectivity index (χ1v) is 8.92. The monoisotopic (exact) mass is 348 g/mol. The minimum absolute atomic E-state index is 0.0682. The van der Waals surface area contributed by atoms with E-state index >= 15 is 0 Å². The fourth-order valence-corrected chi connectivity index (χ4v) is 3.08. The number of benzene rings is 1. The molecule has 0 saturated heterocycles. The normalized spacial score (nSPS) is 10.6. The van der Waals surface area contributed by atoms with Crippen LogP contribution in [0.4, 0.5) is 5.13 Å². The van der Waals surface area contributed by atoms with Crippen molar-refractivity contribution in [1.82, 2.24) is 10.2 Å². The highest BCUT2D eigenvalue weighted by molar-refractivity contribution is 7.15. The Bertz CT molecular complexity index is 652. The second kappa shape index (κ2) is 9.34. The Hall–Kier alpha value is -1.99. The van der Waals surface area contributed by atoms with Gasteiger partial charge in [-0.2, -0.15) is 0 Å². The number of nitrogens with one attached hydrogen (secondary N) is 1. The van der Waals surface area contributed by atoms with Crippen molar-refractivity contribution >= 4 is 22.4 Å². The van der Waals surface area contributed by atoms with Crippen LogP contribution in [0.15, 0.2) is 18.2 Å². The molecule has 130 valence electrons. The summed E-state index contributed by atoms with van der Waals surface area (Å²) in [5.41, 5.74) is 7.78. The van der Waals surface area contributed by atoms with E-state index in [4.69, 9.17) is 10.5 Å². The number of aromatic nitrogens is 2. The Morgan fingerprint density at radius 2 is 1.96 bits per heavy atom. The summed E-state index contributed by atoms with van der Waals surface area (Å²) >= 11 is 1.40. The standard InChI is InChI=1S/C17H24N4O2S/c1-12-9-13(2)11-14(10-12)23-8-4-6-16-20-21-17(24-16)19-15(22)5-3-7-18/h9-11H,3-8,18H2,1-2H3,(H,19,21,22). The molecule has 7 heteroatoms. The van der Waals surface area contributed by atoms with Crippen LogP contribution >= 0.6 is 11.3 Å². The highest BCUT2D eigenvalue weighted by Crippen LogP contribution is 2.19. The lowest BCUT2D eigenvalue weighted by Crippen LogP contribution is -2.13. The number of nitrogens with two attached hydrogens (primary N) is 1. The Labute approximate surface area is 146 Å². The molecule has 0 saturated carbocycles. The van der Waals surface area contributed by atoms with Gasteiger partial charge in [-0.15, -0.1) is 10.2 Å². The summed E-state index contributed by atoms with van der Waals surface area (Å²) in [7, 11) is 0. The number of anilines is 1. The van der Waals surface area contributed by atoms with Gasteiger partial charge in [0.15, 0.2) is 0 Å². The van der Waals surface area contributed by atoms with Gasteiger partial charge in [0.05, 0.1) is 6.61 Å². The van der Waals surface area contributed by atoms with E-state index in [2.05, 4.69) is 35.4 Å². The van der Waals surface area contributed by atoms with E-state index in [9.17, 15) is 4.79 Å². The SMILES string of the molecule is Cc1cc(C)cc(OCCCc2nnc(NC(=O)CCCN)s2)c1. The zero-order valence-corrected chi connectivity index (χ0v) is 15.0. The average Bonchev–Trinajstić information content (AvgIpc) is 2.96. The van der Waals surface area contributed by atoms with Gasteiger partial charge < -0.3 is 15.8 Å². The lowest BCUT2D eigenvalue weighted by molar-refractivity contribution is -0.116. The van der Waals surface area contributed by atoms with E-state index in [0.29, 0.717) is 31.1 Å². The zero-order valence-electron chi connectivity index (χ0n) is 14.2. The summed E-state index contributed by atoms with van der Waals surface area (Å²) in [6.07, 6.45) is 2.71. The summed E-state index contributed by atoms with van der Waals surface area (Å²) in [6.45, 7) is 5.25. The summed E-state index contributed by atoms with van der Waals surface area (Å²) in [5, 5.41) is 12.3. The van der Waals surface area contributed by atoms with Crippen LogP contribution in [0.2, 0.25) is 0 Å². The first kappa shape index (κ1) is 18.4. The molecule has 0 fully saturated rings. The molecule has 0 bridgehead atoms. The van der Waals surface area contributed by atoms with Crippen molar-refractivity contribution in [2.45, 2.75) is 39.5 Å². The summed E-state index contributed by atoms with van der Waals surface area (Å²) < 4.78 is 5.78. The third-order valence-electron chi connectivity index (χ3n) is 3.32. The van der Waals surface area contributed by atoms with Crippen LogP contribution in [-0.2, 0) is 11.2 Å². The Morgan fingerprint density at radius 3 is 2.67 bits per heavy atom. The highest BCUT2D eigenvalue weighted by atomic mass is 32.1. The molecule has 0 atom stereocenters. The minimum Gasteiger partial charge on any atom is -0.494 e. The van der Waals surface area contributed by atoms with Gasteiger partial charge in [-0.1, -0.05) is 17.4 Å². The molecule has 1 heterocycles. The summed E-state index contributed by atoms with van der Waals surface area (Å²) in [5.74, 6) is 0.832. The Kier molecular flexibility index (Phi) is 7.14. The van der Waals surface area contributed by atoms with Gasteiger partial charge in [0.25, 0.3) is 0 Å². The highest BCUT2D eigenvalue weighted by Gasteiger charge is 2.08. The number of hydrogen-bond donors (Lipinski definition) is 2. The molecule has 2 aromatic rings.